The molecular weight excluding hydrogens is 232 g/mol. The highest BCUT2D eigenvalue weighted by Crippen LogP contribution is 2.17. The van der Waals surface area contributed by atoms with E-state index >= 15 is 0 Å². The zero-order chi connectivity index (χ0) is 13.5. The molecule has 0 aliphatic carbocycles. The van der Waals surface area contributed by atoms with Crippen LogP contribution in [0.4, 0.5) is 0 Å². The predicted molar refractivity (Wildman–Crippen MR) is 69.1 cm³/mol. The molecule has 102 valence electrons. The molecule has 18 heavy (non-hydrogen) atoms. The zero-order valence-electron chi connectivity index (χ0n) is 11.4. The topological polar surface area (TPSA) is 58.6 Å². The van der Waals surface area contributed by atoms with E-state index in [9.17, 15) is 9.59 Å². The van der Waals surface area contributed by atoms with Gasteiger partial charge in [-0.25, -0.2) is 4.79 Å². The molecule has 0 bridgehead atoms. The predicted octanol–water partition coefficient (Wildman–Crippen LogP) is 0.706. The summed E-state index contributed by atoms with van der Waals surface area (Å²) in [6, 6.07) is -0.0783. The van der Waals surface area contributed by atoms with Crippen LogP contribution in [0.2, 0.25) is 0 Å². The number of piperidine rings is 1. The van der Waals surface area contributed by atoms with Gasteiger partial charge in [0.05, 0.1) is 13.2 Å². The maximum absolute atomic E-state index is 11.7. The first-order valence-electron chi connectivity index (χ1n) is 6.31. The standard InChI is InChI=1S/C13H22N2O3/c1-10(13(17)18-3)7-9-15-8-5-4-6-11(15)12(16)14-2/h7,11H,4-6,8-9H2,1-3H3,(H,14,16). The maximum atomic E-state index is 11.7. The number of likely N-dealkylation sites (tertiary alicyclic amines) is 1. The Bertz CT molecular complexity index is 339. The second-order valence-corrected chi connectivity index (χ2v) is 4.50. The van der Waals surface area contributed by atoms with Crippen LogP contribution in [-0.2, 0) is 14.3 Å². The highest BCUT2D eigenvalue weighted by molar-refractivity contribution is 5.87. The smallest absolute Gasteiger partial charge is 0.333 e. The summed E-state index contributed by atoms with van der Waals surface area (Å²) in [4.78, 5) is 25.1. The van der Waals surface area contributed by atoms with E-state index in [1.54, 1.807) is 14.0 Å². The molecule has 0 aromatic heterocycles. The first-order valence-corrected chi connectivity index (χ1v) is 6.31. The van der Waals surface area contributed by atoms with Gasteiger partial charge in [0, 0.05) is 19.2 Å². The summed E-state index contributed by atoms with van der Waals surface area (Å²) in [7, 11) is 3.03. The van der Waals surface area contributed by atoms with Crippen molar-refractivity contribution >= 4 is 11.9 Å². The molecule has 1 fully saturated rings. The van der Waals surface area contributed by atoms with E-state index in [0.29, 0.717) is 12.1 Å². The van der Waals surface area contributed by atoms with Crippen LogP contribution in [0, 0.1) is 0 Å². The number of hydrogen-bond donors (Lipinski definition) is 1. The third-order valence-electron chi connectivity index (χ3n) is 3.30. The van der Waals surface area contributed by atoms with E-state index in [1.807, 2.05) is 6.08 Å². The van der Waals surface area contributed by atoms with E-state index in [4.69, 9.17) is 0 Å². The number of amides is 1. The molecule has 0 spiro atoms. The fraction of sp³-hybridized carbons (Fsp3) is 0.692. The lowest BCUT2D eigenvalue weighted by molar-refractivity contribution is -0.136. The van der Waals surface area contributed by atoms with Crippen molar-refractivity contribution in [2.75, 3.05) is 27.2 Å². The highest BCUT2D eigenvalue weighted by Gasteiger charge is 2.27. The van der Waals surface area contributed by atoms with Crippen LogP contribution >= 0.6 is 0 Å². The normalized spacial score (nSPS) is 21.5. The molecule has 0 aromatic carbocycles. The molecule has 5 heteroatoms. The number of nitrogens with one attached hydrogen (secondary N) is 1. The van der Waals surface area contributed by atoms with E-state index in [2.05, 4.69) is 15.0 Å². The van der Waals surface area contributed by atoms with Crippen LogP contribution in [-0.4, -0.2) is 50.1 Å². The molecule has 1 atom stereocenters. The maximum Gasteiger partial charge on any atom is 0.333 e. The zero-order valence-corrected chi connectivity index (χ0v) is 11.4. The summed E-state index contributed by atoms with van der Waals surface area (Å²) in [5.41, 5.74) is 0.582. The SMILES string of the molecule is CNC(=O)C1CCCCN1CC=C(C)C(=O)OC. The molecule has 1 heterocycles. The minimum Gasteiger partial charge on any atom is -0.466 e. The number of methoxy groups -OCH3 is 1. The molecular formula is C13H22N2O3. The van der Waals surface area contributed by atoms with Gasteiger partial charge >= 0.3 is 5.97 Å². The second kappa shape index (κ2) is 7.16. The second-order valence-electron chi connectivity index (χ2n) is 4.50. The first kappa shape index (κ1) is 14.7. The van der Waals surface area contributed by atoms with Crippen molar-refractivity contribution in [3.63, 3.8) is 0 Å². The average Bonchev–Trinajstić information content (AvgIpc) is 2.43. The Kier molecular flexibility index (Phi) is 5.85. The van der Waals surface area contributed by atoms with Gasteiger partial charge in [-0.1, -0.05) is 12.5 Å². The molecule has 1 aliphatic rings. The van der Waals surface area contributed by atoms with Gasteiger partial charge in [0.1, 0.15) is 0 Å². The van der Waals surface area contributed by atoms with Crippen LogP contribution in [0.5, 0.6) is 0 Å². The van der Waals surface area contributed by atoms with Gasteiger partial charge in [-0.2, -0.15) is 0 Å². The van der Waals surface area contributed by atoms with E-state index < -0.39 is 0 Å². The lowest BCUT2D eigenvalue weighted by atomic mass is 10.0. The van der Waals surface area contributed by atoms with Crippen molar-refractivity contribution in [1.82, 2.24) is 10.2 Å². The molecule has 1 unspecified atom stereocenters. The Morgan fingerprint density at radius 3 is 2.78 bits per heavy atom. The van der Waals surface area contributed by atoms with Gasteiger partial charge in [0.2, 0.25) is 5.91 Å². The Hall–Kier alpha value is -1.36. The Labute approximate surface area is 108 Å². The Morgan fingerprint density at radius 1 is 1.44 bits per heavy atom. The van der Waals surface area contributed by atoms with Crippen molar-refractivity contribution in [2.45, 2.75) is 32.2 Å². The summed E-state index contributed by atoms with van der Waals surface area (Å²) in [5.74, 6) is -0.262. The van der Waals surface area contributed by atoms with Crippen molar-refractivity contribution in [2.24, 2.45) is 0 Å². The number of likely N-dealkylation sites (N-methyl/N-ethyl adjacent to an activating group) is 1. The third-order valence-corrected chi connectivity index (χ3v) is 3.30. The number of esters is 1. The summed E-state index contributed by atoms with van der Waals surface area (Å²) in [6.07, 6.45) is 4.88. The lowest BCUT2D eigenvalue weighted by Gasteiger charge is -2.33. The highest BCUT2D eigenvalue weighted by atomic mass is 16.5. The average molecular weight is 254 g/mol. The van der Waals surface area contributed by atoms with Gasteiger partial charge in [0.15, 0.2) is 0 Å². The molecule has 1 N–H and O–H groups in total. The number of carbonyl (C=O) groups excluding carboxylic acids is 2. The first-order chi connectivity index (χ1) is 8.60. The van der Waals surface area contributed by atoms with E-state index in [-0.39, 0.29) is 17.9 Å². The Morgan fingerprint density at radius 2 is 2.17 bits per heavy atom. The number of carbonyl (C=O) groups is 2. The fourth-order valence-electron chi connectivity index (χ4n) is 2.17. The van der Waals surface area contributed by atoms with Gasteiger partial charge in [-0.3, -0.25) is 9.69 Å². The molecule has 1 rings (SSSR count). The monoisotopic (exact) mass is 254 g/mol. The summed E-state index contributed by atoms with van der Waals surface area (Å²) in [5, 5.41) is 2.69. The van der Waals surface area contributed by atoms with Crippen LogP contribution in [0.3, 0.4) is 0 Å². The molecule has 1 saturated heterocycles. The number of ether oxygens (including phenoxy) is 1. The Balaban J connectivity index is 2.62. The van der Waals surface area contributed by atoms with Gasteiger partial charge in [-0.15, -0.1) is 0 Å². The van der Waals surface area contributed by atoms with Gasteiger partial charge in [0.25, 0.3) is 0 Å². The van der Waals surface area contributed by atoms with Gasteiger partial charge in [-0.05, 0) is 26.3 Å². The number of hydrogen-bond acceptors (Lipinski definition) is 4. The summed E-state index contributed by atoms with van der Waals surface area (Å²) < 4.78 is 4.64. The summed E-state index contributed by atoms with van der Waals surface area (Å²) >= 11 is 0. The molecule has 1 aliphatic heterocycles. The van der Waals surface area contributed by atoms with Crippen molar-refractivity contribution in [1.29, 1.82) is 0 Å². The molecule has 0 aromatic rings. The van der Waals surface area contributed by atoms with Crippen molar-refractivity contribution in [3.8, 4) is 0 Å². The quantitative estimate of drug-likeness (QED) is 0.593. The summed E-state index contributed by atoms with van der Waals surface area (Å²) in [6.45, 7) is 3.23. The number of rotatable bonds is 4. The largest absolute Gasteiger partial charge is 0.466 e. The van der Waals surface area contributed by atoms with Crippen LogP contribution in [0.25, 0.3) is 0 Å². The molecule has 5 nitrogen and oxygen atoms in total. The van der Waals surface area contributed by atoms with E-state index in [0.717, 1.165) is 25.8 Å². The number of nitrogens with zero attached hydrogens (tertiary/aromatic N) is 1. The van der Waals surface area contributed by atoms with Crippen LogP contribution in [0.15, 0.2) is 11.6 Å². The van der Waals surface area contributed by atoms with Crippen LogP contribution < -0.4 is 5.32 Å². The molecule has 0 saturated carbocycles. The van der Waals surface area contributed by atoms with Gasteiger partial charge < -0.3 is 10.1 Å². The lowest BCUT2D eigenvalue weighted by Crippen LogP contribution is -2.48. The van der Waals surface area contributed by atoms with Crippen LogP contribution in [0.1, 0.15) is 26.2 Å². The van der Waals surface area contributed by atoms with Crippen molar-refractivity contribution in [3.05, 3.63) is 11.6 Å². The van der Waals surface area contributed by atoms with E-state index in [1.165, 1.54) is 7.11 Å². The third kappa shape index (κ3) is 3.84. The fourth-order valence-corrected chi connectivity index (χ4v) is 2.17. The molecule has 1 amide bonds. The minimum absolute atomic E-state index is 0.0545. The minimum atomic E-state index is -0.316. The molecule has 0 radical (unpaired) electrons. The van der Waals surface area contributed by atoms with Crippen molar-refractivity contribution < 1.29 is 14.3 Å².